The molecular formula is C14H20ClN5. The van der Waals surface area contributed by atoms with E-state index in [0.717, 1.165) is 30.3 Å². The van der Waals surface area contributed by atoms with Gasteiger partial charge < -0.3 is 14.8 Å². The van der Waals surface area contributed by atoms with Crippen LogP contribution in [-0.4, -0.2) is 28.1 Å². The zero-order valence-electron chi connectivity index (χ0n) is 12.1. The van der Waals surface area contributed by atoms with Crippen LogP contribution in [0.5, 0.6) is 0 Å². The Balaban J connectivity index is 2.13. The fourth-order valence-corrected chi connectivity index (χ4v) is 2.08. The molecule has 2 heterocycles. The molecule has 0 radical (unpaired) electrons. The highest BCUT2D eigenvalue weighted by Crippen LogP contribution is 2.20. The largest absolute Gasteiger partial charge is 0.352 e. The fourth-order valence-electron chi connectivity index (χ4n) is 1.91. The first-order chi connectivity index (χ1) is 9.61. The number of halogens is 1. The van der Waals surface area contributed by atoms with E-state index in [9.17, 15) is 0 Å². The van der Waals surface area contributed by atoms with E-state index in [0.29, 0.717) is 11.6 Å². The van der Waals surface area contributed by atoms with Gasteiger partial charge in [-0.2, -0.15) is 0 Å². The van der Waals surface area contributed by atoms with E-state index in [-0.39, 0.29) is 0 Å². The average molecular weight is 294 g/mol. The van der Waals surface area contributed by atoms with Crippen LogP contribution in [0.2, 0.25) is 5.02 Å². The standard InChI is InChI=1S/C14H20ClN5/c1-4-16-8-11-7-13(18-9-12(11)15)20(3)10-14-17-5-6-19(14)2/h5-7,9,16H,4,8,10H2,1-3H3. The molecular weight excluding hydrogens is 274 g/mol. The molecule has 2 rings (SSSR count). The minimum atomic E-state index is 0.695. The number of anilines is 1. The van der Waals surface area contributed by atoms with Gasteiger partial charge in [-0.25, -0.2) is 9.97 Å². The van der Waals surface area contributed by atoms with Gasteiger partial charge in [-0.1, -0.05) is 18.5 Å². The lowest BCUT2D eigenvalue weighted by atomic mass is 10.2. The number of aromatic nitrogens is 3. The van der Waals surface area contributed by atoms with Gasteiger partial charge in [0, 0.05) is 39.2 Å². The van der Waals surface area contributed by atoms with E-state index in [4.69, 9.17) is 11.6 Å². The molecule has 0 saturated heterocycles. The summed E-state index contributed by atoms with van der Waals surface area (Å²) in [6, 6.07) is 2.02. The number of pyridine rings is 1. The van der Waals surface area contributed by atoms with Crippen LogP contribution < -0.4 is 10.2 Å². The van der Waals surface area contributed by atoms with E-state index in [1.54, 1.807) is 12.4 Å². The van der Waals surface area contributed by atoms with Crippen molar-refractivity contribution in [3.63, 3.8) is 0 Å². The lowest BCUT2D eigenvalue weighted by Crippen LogP contribution is -2.21. The first kappa shape index (κ1) is 14.8. The molecule has 0 saturated carbocycles. The van der Waals surface area contributed by atoms with Crippen LogP contribution in [0.15, 0.2) is 24.7 Å². The van der Waals surface area contributed by atoms with Crippen LogP contribution in [0.3, 0.4) is 0 Å². The molecule has 0 amide bonds. The molecule has 6 heteroatoms. The molecule has 0 aliphatic rings. The molecule has 5 nitrogen and oxygen atoms in total. The Bertz CT molecular complexity index is 566. The Hall–Kier alpha value is -1.59. The first-order valence-corrected chi connectivity index (χ1v) is 7.02. The highest BCUT2D eigenvalue weighted by atomic mass is 35.5. The van der Waals surface area contributed by atoms with Crippen molar-refractivity contribution in [2.45, 2.75) is 20.0 Å². The maximum Gasteiger partial charge on any atom is 0.129 e. The zero-order valence-corrected chi connectivity index (χ0v) is 12.9. The lowest BCUT2D eigenvalue weighted by molar-refractivity contribution is 0.723. The van der Waals surface area contributed by atoms with E-state index in [1.165, 1.54) is 0 Å². The van der Waals surface area contributed by atoms with Gasteiger partial charge in [0.1, 0.15) is 11.6 Å². The quantitative estimate of drug-likeness (QED) is 0.887. The van der Waals surface area contributed by atoms with Gasteiger partial charge in [0.25, 0.3) is 0 Å². The van der Waals surface area contributed by atoms with Gasteiger partial charge in [-0.05, 0) is 18.2 Å². The van der Waals surface area contributed by atoms with E-state index >= 15 is 0 Å². The van der Waals surface area contributed by atoms with E-state index in [2.05, 4.69) is 27.1 Å². The highest BCUT2D eigenvalue weighted by Gasteiger charge is 2.09. The van der Waals surface area contributed by atoms with Crippen molar-refractivity contribution >= 4 is 17.4 Å². The van der Waals surface area contributed by atoms with Gasteiger partial charge in [-0.15, -0.1) is 0 Å². The van der Waals surface area contributed by atoms with Crippen molar-refractivity contribution < 1.29 is 0 Å². The summed E-state index contributed by atoms with van der Waals surface area (Å²) < 4.78 is 2.01. The Morgan fingerprint density at radius 1 is 1.40 bits per heavy atom. The van der Waals surface area contributed by atoms with Gasteiger partial charge >= 0.3 is 0 Å². The summed E-state index contributed by atoms with van der Waals surface area (Å²) in [4.78, 5) is 10.8. The summed E-state index contributed by atoms with van der Waals surface area (Å²) >= 11 is 6.17. The number of imidazole rings is 1. The molecule has 0 aromatic carbocycles. The molecule has 2 aromatic rings. The molecule has 20 heavy (non-hydrogen) atoms. The van der Waals surface area contributed by atoms with Crippen LogP contribution in [0, 0.1) is 0 Å². The van der Waals surface area contributed by atoms with Crippen LogP contribution in [0.1, 0.15) is 18.3 Å². The summed E-state index contributed by atoms with van der Waals surface area (Å²) in [5, 5.41) is 3.97. The SMILES string of the molecule is CCNCc1cc(N(C)Cc2nccn2C)ncc1Cl. The molecule has 0 aliphatic carbocycles. The van der Waals surface area contributed by atoms with Crippen molar-refractivity contribution in [2.24, 2.45) is 7.05 Å². The predicted molar refractivity (Wildman–Crippen MR) is 81.9 cm³/mol. The Morgan fingerprint density at radius 3 is 2.85 bits per heavy atom. The van der Waals surface area contributed by atoms with Crippen LogP contribution >= 0.6 is 11.6 Å². The van der Waals surface area contributed by atoms with Crippen LogP contribution in [-0.2, 0) is 20.1 Å². The van der Waals surface area contributed by atoms with Gasteiger partial charge in [0.2, 0.25) is 0 Å². The Morgan fingerprint density at radius 2 is 2.20 bits per heavy atom. The molecule has 0 fully saturated rings. The van der Waals surface area contributed by atoms with E-state index in [1.807, 2.05) is 30.9 Å². The predicted octanol–water partition coefficient (Wildman–Crippen LogP) is 2.21. The van der Waals surface area contributed by atoms with Crippen molar-refractivity contribution in [3.05, 3.63) is 41.1 Å². The highest BCUT2D eigenvalue weighted by molar-refractivity contribution is 6.31. The third-order valence-electron chi connectivity index (χ3n) is 3.18. The molecule has 108 valence electrons. The van der Waals surface area contributed by atoms with Crippen molar-refractivity contribution in [1.29, 1.82) is 0 Å². The lowest BCUT2D eigenvalue weighted by Gasteiger charge is -2.19. The molecule has 2 aromatic heterocycles. The number of nitrogens with one attached hydrogen (secondary N) is 1. The second-order valence-electron chi connectivity index (χ2n) is 4.72. The number of hydrogen-bond donors (Lipinski definition) is 1. The molecule has 0 atom stereocenters. The maximum atomic E-state index is 6.17. The molecule has 0 unspecified atom stereocenters. The fraction of sp³-hybridized carbons (Fsp3) is 0.429. The van der Waals surface area contributed by atoms with Crippen molar-refractivity contribution in [3.8, 4) is 0 Å². The summed E-state index contributed by atoms with van der Waals surface area (Å²) in [7, 11) is 3.99. The number of aryl methyl sites for hydroxylation is 1. The first-order valence-electron chi connectivity index (χ1n) is 6.64. The minimum Gasteiger partial charge on any atom is -0.352 e. The maximum absolute atomic E-state index is 6.17. The van der Waals surface area contributed by atoms with Gasteiger partial charge in [-0.3, -0.25) is 0 Å². The molecule has 0 aliphatic heterocycles. The second-order valence-corrected chi connectivity index (χ2v) is 5.13. The summed E-state index contributed by atoms with van der Waals surface area (Å²) in [6.07, 6.45) is 5.45. The van der Waals surface area contributed by atoms with Crippen LogP contribution in [0.4, 0.5) is 5.82 Å². The van der Waals surface area contributed by atoms with Gasteiger partial charge in [0.05, 0.1) is 11.6 Å². The number of nitrogens with zero attached hydrogens (tertiary/aromatic N) is 4. The second kappa shape index (κ2) is 6.72. The van der Waals surface area contributed by atoms with Gasteiger partial charge in [0.15, 0.2) is 0 Å². The Labute approximate surface area is 124 Å². The molecule has 1 N–H and O–H groups in total. The third-order valence-corrected chi connectivity index (χ3v) is 3.52. The van der Waals surface area contributed by atoms with E-state index < -0.39 is 0 Å². The van der Waals surface area contributed by atoms with Crippen LogP contribution in [0.25, 0.3) is 0 Å². The smallest absolute Gasteiger partial charge is 0.129 e. The van der Waals surface area contributed by atoms with Crippen molar-refractivity contribution in [2.75, 3.05) is 18.5 Å². The zero-order chi connectivity index (χ0) is 14.5. The Kier molecular flexibility index (Phi) is 4.98. The summed E-state index contributed by atoms with van der Waals surface area (Å²) in [5.41, 5.74) is 1.06. The third kappa shape index (κ3) is 3.49. The normalized spacial score (nSPS) is 10.8. The topological polar surface area (TPSA) is 46.0 Å². The minimum absolute atomic E-state index is 0.695. The number of rotatable bonds is 6. The summed E-state index contributed by atoms with van der Waals surface area (Å²) in [5.74, 6) is 1.89. The monoisotopic (exact) mass is 293 g/mol. The molecule has 0 bridgehead atoms. The number of hydrogen-bond acceptors (Lipinski definition) is 4. The summed E-state index contributed by atoms with van der Waals surface area (Å²) in [6.45, 7) is 4.44. The average Bonchev–Trinajstić information content (AvgIpc) is 2.83. The molecule has 0 spiro atoms. The van der Waals surface area contributed by atoms with Crippen molar-refractivity contribution in [1.82, 2.24) is 19.9 Å².